The van der Waals surface area contributed by atoms with Gasteiger partial charge in [0, 0.05) is 36.0 Å². The van der Waals surface area contributed by atoms with Crippen LogP contribution in [0.4, 0.5) is 5.82 Å². The molecule has 3 aliphatic heterocycles. The van der Waals surface area contributed by atoms with Crippen LogP contribution in [0.1, 0.15) is 56.2 Å². The number of esters is 1. The van der Waals surface area contributed by atoms with E-state index in [0.29, 0.717) is 22.8 Å². The van der Waals surface area contributed by atoms with E-state index in [-0.39, 0.29) is 35.0 Å². The second-order valence-electron chi connectivity index (χ2n) is 10.0. The smallest absolute Gasteiger partial charge is 0.317 e. The van der Waals surface area contributed by atoms with Gasteiger partial charge in [0.15, 0.2) is 18.5 Å². The largest absolute Gasteiger partial charge is 1.00 e. The van der Waals surface area contributed by atoms with Gasteiger partial charge in [-0.25, -0.2) is 4.98 Å². The van der Waals surface area contributed by atoms with Crippen LogP contribution in [0.3, 0.4) is 0 Å². The van der Waals surface area contributed by atoms with Crippen molar-refractivity contribution in [3.8, 4) is 0 Å². The number of thiophene rings is 1. The number of carbonyl (C=O) groups is 2. The lowest BCUT2D eigenvalue weighted by Crippen LogP contribution is -3.00. The van der Waals surface area contributed by atoms with Crippen molar-refractivity contribution in [2.75, 3.05) is 31.5 Å². The molecule has 34 heavy (non-hydrogen) atoms. The number of aromatic nitrogens is 2. The molecule has 5 heterocycles. The van der Waals surface area contributed by atoms with Gasteiger partial charge in [-0.05, 0) is 24.3 Å². The highest BCUT2D eigenvalue weighted by Gasteiger charge is 2.51. The summed E-state index contributed by atoms with van der Waals surface area (Å²) in [6.45, 7) is 3.03. The molecule has 1 amide bonds. The van der Waals surface area contributed by atoms with E-state index in [1.807, 2.05) is 6.07 Å². The lowest BCUT2D eigenvalue weighted by molar-refractivity contribution is -0.939. The molecule has 0 spiro atoms. The van der Waals surface area contributed by atoms with Crippen LogP contribution in [0.5, 0.6) is 0 Å². The third kappa shape index (κ3) is 5.21. The standard InChI is InChI=1S/C25H32N4O3S.BrH/c30-23(28-22-16-26-11-12-27-22)18-29-13-7-19(8-14-29)20(17-29)32-24(31)25(21-6-5-15-33-21)9-3-1-2-4-10-25;/h5-6,11-12,15-16,19-20H,1-4,7-10,13-14,17-18H2;1H. The van der Waals surface area contributed by atoms with Gasteiger partial charge in [0.25, 0.3) is 5.91 Å². The summed E-state index contributed by atoms with van der Waals surface area (Å²) in [6, 6.07) is 4.16. The molecule has 2 aromatic heterocycles. The van der Waals surface area contributed by atoms with Gasteiger partial charge in [0.1, 0.15) is 12.0 Å². The number of hydrogen-bond acceptors (Lipinski definition) is 6. The van der Waals surface area contributed by atoms with E-state index in [4.69, 9.17) is 4.74 Å². The molecule has 2 bridgehead atoms. The van der Waals surface area contributed by atoms with Gasteiger partial charge in [-0.2, -0.15) is 0 Å². The predicted molar refractivity (Wildman–Crippen MR) is 127 cm³/mol. The number of halogens is 1. The maximum atomic E-state index is 13.8. The second kappa shape index (κ2) is 10.8. The summed E-state index contributed by atoms with van der Waals surface area (Å²) in [6.07, 6.45) is 12.9. The van der Waals surface area contributed by atoms with Gasteiger partial charge in [0.2, 0.25) is 0 Å². The lowest BCUT2D eigenvalue weighted by Gasteiger charge is -2.52. The molecule has 1 aliphatic carbocycles. The zero-order chi connectivity index (χ0) is 22.7. The van der Waals surface area contributed by atoms with Gasteiger partial charge < -0.3 is 31.5 Å². The van der Waals surface area contributed by atoms with E-state index < -0.39 is 5.41 Å². The number of nitrogens with zero attached hydrogens (tertiary/aromatic N) is 3. The molecule has 1 unspecified atom stereocenters. The first-order chi connectivity index (χ1) is 16.1. The minimum Gasteiger partial charge on any atom is -1.00 e. The maximum absolute atomic E-state index is 13.8. The van der Waals surface area contributed by atoms with Crippen LogP contribution in [0.2, 0.25) is 0 Å². The number of fused-ring (bicyclic) bond motifs is 3. The van der Waals surface area contributed by atoms with Crippen LogP contribution in [-0.2, 0) is 19.7 Å². The van der Waals surface area contributed by atoms with E-state index in [9.17, 15) is 9.59 Å². The molecule has 1 atom stereocenters. The fourth-order valence-electron chi connectivity index (χ4n) is 6.11. The number of hydrogen-bond donors (Lipinski definition) is 1. The van der Waals surface area contributed by atoms with E-state index in [1.54, 1.807) is 29.9 Å². The number of nitrogens with one attached hydrogen (secondary N) is 1. The van der Waals surface area contributed by atoms with E-state index >= 15 is 0 Å². The number of piperidine rings is 3. The molecule has 0 aromatic carbocycles. The summed E-state index contributed by atoms with van der Waals surface area (Å²) in [7, 11) is 0. The predicted octanol–water partition coefficient (Wildman–Crippen LogP) is 0.925. The Balaban J connectivity index is 0.00000274. The summed E-state index contributed by atoms with van der Waals surface area (Å²) < 4.78 is 7.06. The maximum Gasteiger partial charge on any atom is 0.317 e. The van der Waals surface area contributed by atoms with Crippen molar-refractivity contribution in [3.05, 3.63) is 41.0 Å². The Hall–Kier alpha value is -1.84. The number of quaternary nitrogens is 1. The molecule has 3 saturated heterocycles. The summed E-state index contributed by atoms with van der Waals surface area (Å²) >= 11 is 1.68. The number of carbonyl (C=O) groups excluding carboxylic acids is 2. The quantitative estimate of drug-likeness (QED) is 0.330. The molecule has 1 N–H and O–H groups in total. The Bertz CT molecular complexity index is 956. The number of anilines is 1. The topological polar surface area (TPSA) is 81.2 Å². The Labute approximate surface area is 215 Å². The van der Waals surface area contributed by atoms with Crippen molar-refractivity contribution in [2.24, 2.45) is 5.92 Å². The van der Waals surface area contributed by atoms with Gasteiger partial charge in [-0.3, -0.25) is 14.6 Å². The normalized spacial score (nSPS) is 27.8. The first-order valence-corrected chi connectivity index (χ1v) is 13.1. The minimum atomic E-state index is -0.495. The highest BCUT2D eigenvalue weighted by molar-refractivity contribution is 7.10. The zero-order valence-electron chi connectivity index (χ0n) is 19.5. The van der Waals surface area contributed by atoms with E-state index in [1.165, 1.54) is 12.8 Å². The number of amides is 1. The molecule has 4 aliphatic rings. The SMILES string of the molecule is O=C(C[N+]12CCC(CC1)C(OC(=O)C1(c3cccs3)CCCCCC1)C2)Nc1cnccn1.[Br-]. The Morgan fingerprint density at radius 1 is 1.15 bits per heavy atom. The van der Waals surface area contributed by atoms with Crippen molar-refractivity contribution in [3.63, 3.8) is 0 Å². The van der Waals surface area contributed by atoms with E-state index in [0.717, 1.165) is 63.0 Å². The Morgan fingerprint density at radius 3 is 2.56 bits per heavy atom. The molecular formula is C25H33BrN4O3S. The highest BCUT2D eigenvalue weighted by Crippen LogP contribution is 2.43. The minimum absolute atomic E-state index is 0. The Kier molecular flexibility index (Phi) is 8.05. The van der Waals surface area contributed by atoms with Crippen LogP contribution in [0.15, 0.2) is 36.1 Å². The van der Waals surface area contributed by atoms with Crippen LogP contribution >= 0.6 is 11.3 Å². The third-order valence-electron chi connectivity index (χ3n) is 7.95. The zero-order valence-corrected chi connectivity index (χ0v) is 21.9. The highest BCUT2D eigenvalue weighted by atomic mass is 79.9. The average Bonchev–Trinajstić information content (AvgIpc) is 3.25. The fourth-order valence-corrected chi connectivity index (χ4v) is 7.09. The van der Waals surface area contributed by atoms with Crippen molar-refractivity contribution in [1.82, 2.24) is 9.97 Å². The molecule has 9 heteroatoms. The number of ether oxygens (including phenoxy) is 1. The summed E-state index contributed by atoms with van der Waals surface area (Å²) in [5.74, 6) is 0.789. The van der Waals surface area contributed by atoms with Crippen LogP contribution < -0.4 is 22.3 Å². The van der Waals surface area contributed by atoms with Crippen LogP contribution in [-0.4, -0.2) is 58.6 Å². The monoisotopic (exact) mass is 548 g/mol. The average molecular weight is 550 g/mol. The molecule has 2 aromatic rings. The summed E-state index contributed by atoms with van der Waals surface area (Å²) in [5.41, 5.74) is -0.495. The van der Waals surface area contributed by atoms with Gasteiger partial charge in [-0.1, -0.05) is 31.7 Å². The molecule has 0 radical (unpaired) electrons. The summed E-state index contributed by atoms with van der Waals surface area (Å²) in [4.78, 5) is 35.9. The van der Waals surface area contributed by atoms with Gasteiger partial charge in [-0.15, -0.1) is 11.3 Å². The molecule has 7 nitrogen and oxygen atoms in total. The first-order valence-electron chi connectivity index (χ1n) is 12.2. The third-order valence-corrected chi connectivity index (χ3v) is 9.02. The van der Waals surface area contributed by atoms with Crippen LogP contribution in [0.25, 0.3) is 0 Å². The molecule has 4 fully saturated rings. The lowest BCUT2D eigenvalue weighted by atomic mass is 9.78. The molecular weight excluding hydrogens is 516 g/mol. The van der Waals surface area contributed by atoms with Crippen molar-refractivity contribution in [2.45, 2.75) is 62.9 Å². The van der Waals surface area contributed by atoms with Crippen molar-refractivity contribution in [1.29, 1.82) is 0 Å². The molecule has 1 saturated carbocycles. The van der Waals surface area contributed by atoms with Gasteiger partial charge in [0.05, 0.1) is 19.3 Å². The molecule has 184 valence electrons. The second-order valence-corrected chi connectivity index (χ2v) is 11.0. The summed E-state index contributed by atoms with van der Waals surface area (Å²) in [5, 5.41) is 4.94. The van der Waals surface area contributed by atoms with Crippen molar-refractivity contribution < 1.29 is 35.8 Å². The van der Waals surface area contributed by atoms with E-state index in [2.05, 4.69) is 26.7 Å². The molecule has 6 rings (SSSR count). The number of rotatable bonds is 6. The Morgan fingerprint density at radius 2 is 1.91 bits per heavy atom. The van der Waals surface area contributed by atoms with Gasteiger partial charge >= 0.3 is 5.97 Å². The van der Waals surface area contributed by atoms with Crippen LogP contribution in [0, 0.1) is 5.92 Å². The fraction of sp³-hybridized carbons (Fsp3) is 0.600. The van der Waals surface area contributed by atoms with Crippen molar-refractivity contribution >= 4 is 29.0 Å². The first kappa shape index (κ1) is 25.3.